The molecule has 1 amide bonds. The number of benzene rings is 1. The number of hydrogen-bond donors (Lipinski definition) is 2. The number of carbonyl (C=O) groups is 2. The van der Waals surface area contributed by atoms with Gasteiger partial charge in [-0.05, 0) is 48.9 Å². The highest BCUT2D eigenvalue weighted by molar-refractivity contribution is 5.96. The SMILES string of the molecule is O=C(NC(CC(F)(F)F)C(=O)O)c1ccc2c(c1)CCCC2. The number of aryl methyl sites for hydroxylation is 2. The van der Waals surface area contributed by atoms with Gasteiger partial charge in [0.15, 0.2) is 0 Å². The van der Waals surface area contributed by atoms with E-state index in [1.165, 1.54) is 6.07 Å². The molecule has 22 heavy (non-hydrogen) atoms. The molecule has 1 aromatic rings. The number of alkyl halides is 3. The van der Waals surface area contributed by atoms with Gasteiger partial charge in [-0.3, -0.25) is 4.79 Å². The Labute approximate surface area is 125 Å². The normalized spacial score (nSPS) is 15.8. The number of carbonyl (C=O) groups excluding carboxylic acids is 1. The highest BCUT2D eigenvalue weighted by atomic mass is 19.4. The van der Waals surface area contributed by atoms with Gasteiger partial charge in [0.2, 0.25) is 0 Å². The molecule has 2 rings (SSSR count). The maximum atomic E-state index is 12.3. The zero-order valence-electron chi connectivity index (χ0n) is 11.7. The Morgan fingerprint density at radius 3 is 2.41 bits per heavy atom. The average Bonchev–Trinajstić information content (AvgIpc) is 2.44. The van der Waals surface area contributed by atoms with Crippen molar-refractivity contribution in [1.82, 2.24) is 5.32 Å². The van der Waals surface area contributed by atoms with Gasteiger partial charge in [-0.1, -0.05) is 6.07 Å². The van der Waals surface area contributed by atoms with Crippen LogP contribution < -0.4 is 5.32 Å². The van der Waals surface area contributed by atoms with Gasteiger partial charge in [0.25, 0.3) is 5.91 Å². The quantitative estimate of drug-likeness (QED) is 0.898. The molecule has 0 heterocycles. The molecule has 0 saturated carbocycles. The lowest BCUT2D eigenvalue weighted by molar-refractivity contribution is -0.157. The van der Waals surface area contributed by atoms with Crippen LogP contribution in [0.3, 0.4) is 0 Å². The number of carboxylic acids is 1. The molecule has 0 saturated heterocycles. The van der Waals surface area contributed by atoms with Crippen LogP contribution in [-0.4, -0.2) is 29.2 Å². The third-order valence-electron chi connectivity index (χ3n) is 3.65. The van der Waals surface area contributed by atoms with E-state index in [0.29, 0.717) is 0 Å². The molecule has 1 aliphatic rings. The molecule has 2 N–H and O–H groups in total. The Morgan fingerprint density at radius 2 is 1.82 bits per heavy atom. The van der Waals surface area contributed by atoms with Crippen LogP contribution in [-0.2, 0) is 17.6 Å². The summed E-state index contributed by atoms with van der Waals surface area (Å²) in [4.78, 5) is 22.9. The van der Waals surface area contributed by atoms with Crippen LogP contribution in [0.2, 0.25) is 0 Å². The Balaban J connectivity index is 2.11. The summed E-state index contributed by atoms with van der Waals surface area (Å²) in [7, 11) is 0. The lowest BCUT2D eigenvalue weighted by Crippen LogP contribution is -2.43. The van der Waals surface area contributed by atoms with Gasteiger partial charge in [0, 0.05) is 5.56 Å². The molecule has 1 unspecified atom stereocenters. The lowest BCUT2D eigenvalue weighted by Gasteiger charge is -2.18. The van der Waals surface area contributed by atoms with E-state index in [1.807, 2.05) is 5.32 Å². The van der Waals surface area contributed by atoms with Crippen molar-refractivity contribution in [1.29, 1.82) is 0 Å². The monoisotopic (exact) mass is 315 g/mol. The van der Waals surface area contributed by atoms with Crippen molar-refractivity contribution in [2.24, 2.45) is 0 Å². The molecule has 1 atom stereocenters. The second-order valence-corrected chi connectivity index (χ2v) is 5.37. The number of nitrogens with one attached hydrogen (secondary N) is 1. The van der Waals surface area contributed by atoms with Gasteiger partial charge in [-0.25, -0.2) is 4.79 Å². The summed E-state index contributed by atoms with van der Waals surface area (Å²) >= 11 is 0. The van der Waals surface area contributed by atoms with Crippen molar-refractivity contribution < 1.29 is 27.9 Å². The molecular weight excluding hydrogens is 299 g/mol. The topological polar surface area (TPSA) is 66.4 Å². The summed E-state index contributed by atoms with van der Waals surface area (Å²) in [6, 6.07) is 2.95. The zero-order valence-corrected chi connectivity index (χ0v) is 11.7. The van der Waals surface area contributed by atoms with Crippen molar-refractivity contribution in [3.05, 3.63) is 34.9 Å². The van der Waals surface area contributed by atoms with E-state index in [4.69, 9.17) is 5.11 Å². The summed E-state index contributed by atoms with van der Waals surface area (Å²) in [5, 5.41) is 10.7. The van der Waals surface area contributed by atoms with E-state index in [1.54, 1.807) is 12.1 Å². The smallest absolute Gasteiger partial charge is 0.391 e. The number of fused-ring (bicyclic) bond motifs is 1. The highest BCUT2D eigenvalue weighted by Crippen LogP contribution is 2.24. The van der Waals surface area contributed by atoms with Crippen LogP contribution in [0.1, 0.15) is 40.7 Å². The Kier molecular flexibility index (Phi) is 4.73. The molecule has 120 valence electrons. The minimum absolute atomic E-state index is 0.189. The van der Waals surface area contributed by atoms with Gasteiger partial charge in [0.05, 0.1) is 6.42 Å². The third-order valence-corrected chi connectivity index (χ3v) is 3.65. The van der Waals surface area contributed by atoms with Gasteiger partial charge in [-0.15, -0.1) is 0 Å². The Bertz CT molecular complexity index is 584. The minimum atomic E-state index is -4.66. The first kappa shape index (κ1) is 16.3. The van der Waals surface area contributed by atoms with Gasteiger partial charge >= 0.3 is 12.1 Å². The summed E-state index contributed by atoms with van der Waals surface area (Å²) in [6.07, 6.45) is -2.44. The maximum absolute atomic E-state index is 12.3. The van der Waals surface area contributed by atoms with E-state index < -0.39 is 30.5 Å². The van der Waals surface area contributed by atoms with Crippen molar-refractivity contribution in [2.75, 3.05) is 0 Å². The maximum Gasteiger partial charge on any atom is 0.391 e. The van der Waals surface area contributed by atoms with E-state index in [0.717, 1.165) is 36.8 Å². The number of carboxylic acid groups (broad SMARTS) is 1. The summed E-state index contributed by atoms with van der Waals surface area (Å²) in [6.45, 7) is 0. The van der Waals surface area contributed by atoms with Crippen LogP contribution in [0, 0.1) is 0 Å². The molecule has 0 fully saturated rings. The van der Waals surface area contributed by atoms with Crippen LogP contribution in [0.4, 0.5) is 13.2 Å². The first-order chi connectivity index (χ1) is 10.3. The molecule has 7 heteroatoms. The largest absolute Gasteiger partial charge is 0.480 e. The fourth-order valence-electron chi connectivity index (χ4n) is 2.55. The fourth-order valence-corrected chi connectivity index (χ4v) is 2.55. The predicted octanol–water partition coefficient (Wildman–Crippen LogP) is 2.70. The second kappa shape index (κ2) is 6.37. The number of aliphatic carboxylic acids is 1. The van der Waals surface area contributed by atoms with Crippen molar-refractivity contribution in [3.63, 3.8) is 0 Å². The first-order valence-corrected chi connectivity index (χ1v) is 6.98. The van der Waals surface area contributed by atoms with E-state index >= 15 is 0 Å². The molecule has 0 spiro atoms. The average molecular weight is 315 g/mol. The number of amides is 1. The molecule has 4 nitrogen and oxygen atoms in total. The molecule has 1 aromatic carbocycles. The van der Waals surface area contributed by atoms with E-state index in [2.05, 4.69) is 0 Å². The first-order valence-electron chi connectivity index (χ1n) is 6.98. The number of rotatable bonds is 4. The Hall–Kier alpha value is -2.05. The number of halogens is 3. The minimum Gasteiger partial charge on any atom is -0.480 e. The van der Waals surface area contributed by atoms with E-state index in [9.17, 15) is 22.8 Å². The molecular formula is C15H16F3NO3. The Morgan fingerprint density at radius 1 is 1.18 bits per heavy atom. The third kappa shape index (κ3) is 4.22. The molecule has 1 aliphatic carbocycles. The fraction of sp³-hybridized carbons (Fsp3) is 0.467. The zero-order chi connectivity index (χ0) is 16.3. The summed E-state index contributed by atoms with van der Waals surface area (Å²) < 4.78 is 37.0. The van der Waals surface area contributed by atoms with Gasteiger partial charge in [0.1, 0.15) is 6.04 Å². The summed E-state index contributed by atoms with van der Waals surface area (Å²) in [5.74, 6) is -2.51. The van der Waals surface area contributed by atoms with Crippen molar-refractivity contribution >= 4 is 11.9 Å². The second-order valence-electron chi connectivity index (χ2n) is 5.37. The van der Waals surface area contributed by atoms with Gasteiger partial charge in [-0.2, -0.15) is 13.2 Å². The molecule has 0 aliphatic heterocycles. The number of hydrogen-bond acceptors (Lipinski definition) is 2. The molecule has 0 bridgehead atoms. The van der Waals surface area contributed by atoms with Gasteiger partial charge < -0.3 is 10.4 Å². The van der Waals surface area contributed by atoms with Crippen molar-refractivity contribution in [3.8, 4) is 0 Å². The van der Waals surface area contributed by atoms with Crippen LogP contribution in [0.25, 0.3) is 0 Å². The standard InChI is InChI=1S/C15H16F3NO3/c16-15(17,18)8-12(14(21)22)19-13(20)11-6-5-9-3-1-2-4-10(9)7-11/h5-7,12H,1-4,8H2,(H,19,20)(H,21,22). The highest BCUT2D eigenvalue weighted by Gasteiger charge is 2.36. The lowest BCUT2D eigenvalue weighted by atomic mass is 9.90. The van der Waals surface area contributed by atoms with Crippen LogP contribution >= 0.6 is 0 Å². The van der Waals surface area contributed by atoms with Crippen LogP contribution in [0.15, 0.2) is 18.2 Å². The van der Waals surface area contributed by atoms with Crippen LogP contribution in [0.5, 0.6) is 0 Å². The molecule has 0 radical (unpaired) electrons. The molecule has 0 aromatic heterocycles. The summed E-state index contributed by atoms with van der Waals surface area (Å²) in [5.41, 5.74) is 2.32. The predicted molar refractivity (Wildman–Crippen MR) is 72.6 cm³/mol. The van der Waals surface area contributed by atoms with Crippen molar-refractivity contribution in [2.45, 2.75) is 44.3 Å². The van der Waals surface area contributed by atoms with E-state index in [-0.39, 0.29) is 5.56 Å².